The number of hydrogen-bond acceptors (Lipinski definition) is 18. The van der Waals surface area contributed by atoms with Gasteiger partial charge in [0.1, 0.15) is 17.0 Å². The molecular formula is C83H106ClF3N10O11S4. The van der Waals surface area contributed by atoms with Crippen LogP contribution in [-0.4, -0.2) is 197 Å². The van der Waals surface area contributed by atoms with Crippen LogP contribution in [0.1, 0.15) is 164 Å². The Morgan fingerprint density at radius 1 is 0.768 bits per heavy atom. The second-order valence-electron chi connectivity index (χ2n) is 31.6. The van der Waals surface area contributed by atoms with Crippen LogP contribution in [0.5, 0.6) is 0 Å². The third-order valence-corrected chi connectivity index (χ3v) is 27.6. The Balaban J connectivity index is 0.605. The second-order valence-corrected chi connectivity index (χ2v) is 37.6. The minimum absolute atomic E-state index is 0.00244. The number of morpholine rings is 1. The number of halogens is 4. The van der Waals surface area contributed by atoms with Crippen LogP contribution in [0.25, 0.3) is 16.0 Å². The molecule has 11 rings (SSSR count). The van der Waals surface area contributed by atoms with E-state index >= 15 is 0 Å². The Morgan fingerprint density at radius 2 is 1.43 bits per heavy atom. The third-order valence-electron chi connectivity index (χ3n) is 22.3. The molecule has 4 fully saturated rings. The molecule has 6 aromatic rings. The van der Waals surface area contributed by atoms with Gasteiger partial charge in [-0.3, -0.25) is 33.8 Å². The summed E-state index contributed by atoms with van der Waals surface area (Å²) in [5, 5.41) is 20.5. The van der Waals surface area contributed by atoms with Crippen LogP contribution < -0.4 is 25.6 Å². The predicted molar refractivity (Wildman–Crippen MR) is 434 cm³/mol. The van der Waals surface area contributed by atoms with Gasteiger partial charge >= 0.3 is 5.51 Å². The fourth-order valence-corrected chi connectivity index (χ4v) is 19.8. The number of alkyl halides is 3. The fraction of sp³-hybridized carbons (Fsp3) is 0.518. The summed E-state index contributed by atoms with van der Waals surface area (Å²) in [7, 11) is -11.0. The lowest BCUT2D eigenvalue weighted by Gasteiger charge is -2.40. The van der Waals surface area contributed by atoms with E-state index in [1.54, 1.807) is 23.5 Å². The molecule has 1 aromatic heterocycles. The van der Waals surface area contributed by atoms with Crippen molar-refractivity contribution in [3.63, 3.8) is 0 Å². The van der Waals surface area contributed by atoms with E-state index < -0.39 is 76.4 Å². The summed E-state index contributed by atoms with van der Waals surface area (Å²) in [6, 6.07) is 31.4. The first-order valence-electron chi connectivity index (χ1n) is 39.1. The summed E-state index contributed by atoms with van der Waals surface area (Å²) in [4.78, 5) is 83.5. The van der Waals surface area contributed by atoms with E-state index in [9.17, 15) is 59.1 Å². The first-order chi connectivity index (χ1) is 53.4. The summed E-state index contributed by atoms with van der Waals surface area (Å²) < 4.78 is 105. The van der Waals surface area contributed by atoms with Crippen molar-refractivity contribution >= 4 is 101 Å². The standard InChI is InChI=1S/C83H106ClF3N10O11S4/c1-57(59-21-23-61(24-22-59)76-58(2)88-56-110-76)89-79(102)72-49-67(98)53-97(72)80(103)77(81(3,4)5)91-74(99)19-15-10-8-6-7-9-11-16-20-75(100)96-40-38-82(55-96)37-35-70(60-25-29-64(84)30-26-60)63(51-82)52-94-41-43-95(44-42-94)66-31-27-62(28-32-66)78(101)92-112(106,107)69-33-34-71(73(50-69)111(104,105)83(85,86)87)90-65(36-39-93-45-47-108-48-46-93)54-109-68-17-13-12-14-18-68/h12-14,17-18,21-34,50,56-57,65,67,72,77,90,98H,6-11,15-16,19-20,35-49,51-55H2,1-5H3,(H,89,102)(H,91,99)(H,92,101)/t57-,65+,67+,72-,77+,82?/m0/s1. The Labute approximate surface area is 670 Å². The molecule has 29 heteroatoms. The van der Waals surface area contributed by atoms with Gasteiger partial charge in [0.05, 0.1) is 52.0 Å². The number of nitrogens with one attached hydrogen (secondary N) is 4. The number of carbonyl (C=O) groups is 5. The molecule has 1 spiro atoms. The van der Waals surface area contributed by atoms with Gasteiger partial charge in [0.25, 0.3) is 25.8 Å². The van der Waals surface area contributed by atoms with E-state index in [1.807, 2.05) is 112 Å². The van der Waals surface area contributed by atoms with Crippen molar-refractivity contribution in [2.75, 3.05) is 101 Å². The second kappa shape index (κ2) is 38.4. The van der Waals surface area contributed by atoms with Gasteiger partial charge in [-0.25, -0.2) is 26.5 Å². The Kier molecular flexibility index (Phi) is 29.3. The molecule has 4 aliphatic heterocycles. The zero-order valence-electron chi connectivity index (χ0n) is 64.6. The highest BCUT2D eigenvalue weighted by atomic mass is 35.5. The number of rotatable bonds is 33. The van der Waals surface area contributed by atoms with Crippen LogP contribution in [-0.2, 0) is 43.8 Å². The molecule has 5 aliphatic rings. The molecule has 21 nitrogen and oxygen atoms in total. The molecule has 0 saturated carbocycles. The minimum atomic E-state index is -6.11. The number of β-amino-alcohol motifs (C(OH)–C–C–N with tert-alkyl or cyclic N) is 1. The van der Waals surface area contributed by atoms with Crippen LogP contribution >= 0.6 is 34.7 Å². The van der Waals surface area contributed by atoms with Crippen LogP contribution in [0.4, 0.5) is 24.5 Å². The average Bonchev–Trinajstić information content (AvgIpc) is 0.868. The molecule has 1 unspecified atom stereocenters. The molecule has 0 radical (unpaired) electrons. The van der Waals surface area contributed by atoms with Gasteiger partial charge in [0, 0.05) is 124 Å². The van der Waals surface area contributed by atoms with E-state index in [4.69, 9.17) is 16.3 Å². The maximum atomic E-state index is 14.4. The quantitative estimate of drug-likeness (QED) is 0.0189. The minimum Gasteiger partial charge on any atom is -0.391 e. The lowest BCUT2D eigenvalue weighted by atomic mass is 9.69. The molecule has 5 amide bonds. The predicted octanol–water partition coefficient (Wildman–Crippen LogP) is 13.7. The molecular weight excluding hydrogens is 1530 g/mol. The lowest BCUT2D eigenvalue weighted by molar-refractivity contribution is -0.144. The topological polar surface area (TPSA) is 260 Å². The smallest absolute Gasteiger partial charge is 0.391 e. The number of thioether (sulfide) groups is 1. The number of anilines is 2. The van der Waals surface area contributed by atoms with Crippen LogP contribution in [0, 0.1) is 17.8 Å². The summed E-state index contributed by atoms with van der Waals surface area (Å²) in [6.07, 6.45) is 11.4. The number of aliphatic hydroxyl groups is 1. The van der Waals surface area contributed by atoms with E-state index in [0.717, 1.165) is 153 Å². The first kappa shape index (κ1) is 85.5. The number of likely N-dealkylation sites (tertiary alicyclic amines) is 2. The molecule has 1 aliphatic carbocycles. The van der Waals surface area contributed by atoms with Gasteiger partial charge in [-0.05, 0) is 159 Å². The number of sulfone groups is 1. The maximum absolute atomic E-state index is 14.4. The number of ether oxygens (including phenoxy) is 1. The van der Waals surface area contributed by atoms with Gasteiger partial charge in [-0.15, -0.1) is 23.1 Å². The summed E-state index contributed by atoms with van der Waals surface area (Å²) >= 11 is 9.40. The third kappa shape index (κ3) is 22.6. The molecule has 606 valence electrons. The highest BCUT2D eigenvalue weighted by Gasteiger charge is 2.50. The van der Waals surface area contributed by atoms with Crippen LogP contribution in [0.15, 0.2) is 147 Å². The summed E-state index contributed by atoms with van der Waals surface area (Å²) in [6.45, 7) is 17.4. The molecule has 6 atom stereocenters. The zero-order valence-corrected chi connectivity index (χ0v) is 68.6. The normalized spacial score (nSPS) is 19.7. The number of aliphatic hydroxyl groups excluding tert-OH is 1. The Bertz CT molecular complexity index is 4480. The van der Waals surface area contributed by atoms with Crippen molar-refractivity contribution in [2.24, 2.45) is 10.8 Å². The Morgan fingerprint density at radius 3 is 2.08 bits per heavy atom. The molecule has 0 bridgehead atoms. The van der Waals surface area contributed by atoms with Crippen LogP contribution in [0.2, 0.25) is 5.02 Å². The number of amides is 5. The van der Waals surface area contributed by atoms with Crippen molar-refractivity contribution < 1.29 is 63.8 Å². The first-order valence-corrected chi connectivity index (χ1v) is 44.3. The van der Waals surface area contributed by atoms with Gasteiger partial charge in [-0.1, -0.05) is 131 Å². The number of carbonyl (C=O) groups excluding carboxylic acids is 5. The number of sulfonamides is 1. The molecule has 112 heavy (non-hydrogen) atoms. The number of nitrogens with zero attached hydrogens (tertiary/aromatic N) is 6. The zero-order chi connectivity index (χ0) is 80.0. The number of allylic oxidation sites excluding steroid dienone is 1. The molecule has 5 N–H and O–H groups in total. The van der Waals surface area contributed by atoms with Crippen molar-refractivity contribution in [2.45, 2.75) is 188 Å². The number of benzene rings is 5. The SMILES string of the molecule is Cc1ncsc1-c1ccc([C@H](C)NC(=O)[C@@H]2C[C@@H](O)CN2C(=O)[C@@H](NC(=O)CCCCCCCCCCC(=O)N2CCC3(CCC(c4ccc(Cl)cc4)=C(CN4CCN(c5ccc(C(=O)NS(=O)(=O)c6ccc(N[C@H](CCN7CCOCC7)CSc7ccccc7)c(S(=O)(=O)C(F)(F)F)c6)cc5)CC4)C3)C2)C(C)(C)C)cc1. The van der Waals surface area contributed by atoms with Crippen molar-refractivity contribution in [1.82, 2.24) is 39.9 Å². The average molecular weight is 1640 g/mol. The largest absolute Gasteiger partial charge is 0.501 e. The summed E-state index contributed by atoms with van der Waals surface area (Å²) in [5.74, 6) is -1.48. The molecule has 5 heterocycles. The monoisotopic (exact) mass is 1640 g/mol. The van der Waals surface area contributed by atoms with Crippen molar-refractivity contribution in [3.8, 4) is 10.4 Å². The number of piperazine rings is 1. The van der Waals surface area contributed by atoms with Gasteiger partial charge in [0.2, 0.25) is 23.6 Å². The fourth-order valence-electron chi connectivity index (χ4n) is 15.8. The van der Waals surface area contributed by atoms with Crippen molar-refractivity contribution in [1.29, 1.82) is 0 Å². The van der Waals surface area contributed by atoms with Crippen LogP contribution in [0.3, 0.4) is 0 Å². The van der Waals surface area contributed by atoms with Crippen molar-refractivity contribution in [3.05, 3.63) is 160 Å². The highest BCUT2D eigenvalue weighted by molar-refractivity contribution is 7.99. The van der Waals surface area contributed by atoms with Gasteiger partial charge < -0.3 is 40.5 Å². The van der Waals surface area contributed by atoms with E-state index in [-0.39, 0.29) is 60.0 Å². The summed E-state index contributed by atoms with van der Waals surface area (Å²) in [5.41, 5.74) is 2.39. The number of hydrogen-bond donors (Lipinski definition) is 5. The Hall–Kier alpha value is -7.41. The van der Waals surface area contributed by atoms with E-state index in [2.05, 4.69) is 52.7 Å². The number of aryl methyl sites for hydroxylation is 1. The van der Waals surface area contributed by atoms with Gasteiger partial charge in [-0.2, -0.15) is 13.2 Å². The molecule has 5 aromatic carbocycles. The molecule has 4 saturated heterocycles. The number of aromatic nitrogens is 1. The maximum Gasteiger partial charge on any atom is 0.501 e. The van der Waals surface area contributed by atoms with E-state index in [0.29, 0.717) is 82.0 Å². The van der Waals surface area contributed by atoms with E-state index in [1.165, 1.54) is 39.9 Å². The number of unbranched alkanes of at least 4 members (excludes halogenated alkanes) is 7. The highest BCUT2D eigenvalue weighted by Crippen LogP contribution is 2.49. The number of thiazole rings is 1. The lowest BCUT2D eigenvalue weighted by Crippen LogP contribution is -2.57. The van der Waals surface area contributed by atoms with Gasteiger partial charge in [0.15, 0.2) is 0 Å².